The van der Waals surface area contributed by atoms with Crippen molar-refractivity contribution in [3.8, 4) is 0 Å². The quantitative estimate of drug-likeness (QED) is 0.483. The summed E-state index contributed by atoms with van der Waals surface area (Å²) in [5, 5.41) is 0.0891. The first-order chi connectivity index (χ1) is 5.17. The lowest BCUT2D eigenvalue weighted by Gasteiger charge is -2.08. The molecule has 3 rings (SSSR count). The zero-order valence-corrected chi connectivity index (χ0v) is 6.88. The molecule has 0 spiro atoms. The van der Waals surface area contributed by atoms with Gasteiger partial charge in [-0.15, -0.1) is 0 Å². The zero-order valence-electron chi connectivity index (χ0n) is 6.06. The molecule has 3 saturated heterocycles. The highest BCUT2D eigenvalue weighted by Crippen LogP contribution is 2.46. The number of rotatable bonds is 0. The van der Waals surface area contributed by atoms with Crippen LogP contribution < -0.4 is 0 Å². The molecular weight excluding hydrogens is 164 g/mol. The van der Waals surface area contributed by atoms with E-state index in [1.54, 1.807) is 0 Å². The van der Waals surface area contributed by atoms with E-state index in [2.05, 4.69) is 5.87 Å². The van der Waals surface area contributed by atoms with E-state index < -0.39 is 9.80 Å². The number of fused-ring (bicyclic) bond motifs is 1. The Morgan fingerprint density at radius 1 is 1.45 bits per heavy atom. The topological polar surface area (TPSA) is 35.5 Å². The SMILES string of the molecule is C=S1(=O)OC2CC3CC1C2O3. The number of ether oxygens (including phenoxy) is 1. The molecule has 62 valence electrons. The second kappa shape index (κ2) is 1.65. The Bertz CT molecular complexity index is 293. The Morgan fingerprint density at radius 3 is 2.82 bits per heavy atom. The molecular formula is C7H10O3S. The van der Waals surface area contributed by atoms with E-state index in [4.69, 9.17) is 8.92 Å². The van der Waals surface area contributed by atoms with Crippen molar-refractivity contribution in [1.82, 2.24) is 0 Å². The minimum absolute atomic E-state index is 0.0868. The average molecular weight is 174 g/mol. The van der Waals surface area contributed by atoms with Crippen LogP contribution in [0, 0.1) is 0 Å². The highest BCUT2D eigenvalue weighted by molar-refractivity contribution is 7.96. The molecule has 2 bridgehead atoms. The van der Waals surface area contributed by atoms with Crippen molar-refractivity contribution in [1.29, 1.82) is 0 Å². The van der Waals surface area contributed by atoms with E-state index in [1.807, 2.05) is 0 Å². The van der Waals surface area contributed by atoms with E-state index in [0.717, 1.165) is 12.8 Å². The third-order valence-corrected chi connectivity index (χ3v) is 4.78. The van der Waals surface area contributed by atoms with Gasteiger partial charge < -0.3 is 4.74 Å². The Kier molecular flexibility index (Phi) is 0.969. The van der Waals surface area contributed by atoms with Gasteiger partial charge in [-0.2, -0.15) is 0 Å². The standard InChI is InChI=1S/C7H10O3S/c1-11(8)6-3-4-2-5(10-11)7(6)9-4/h4-7H,1-3H2. The van der Waals surface area contributed by atoms with Gasteiger partial charge in [0.05, 0.1) is 21.2 Å². The van der Waals surface area contributed by atoms with Gasteiger partial charge in [-0.05, 0) is 12.3 Å². The minimum Gasteiger partial charge on any atom is -0.371 e. The summed E-state index contributed by atoms with van der Waals surface area (Å²) in [6.07, 6.45) is 2.31. The smallest absolute Gasteiger partial charge is 0.104 e. The molecule has 3 aliphatic rings. The van der Waals surface area contributed by atoms with Gasteiger partial charge in [0.1, 0.15) is 12.2 Å². The average Bonchev–Trinajstić information content (AvgIpc) is 2.44. The van der Waals surface area contributed by atoms with Crippen molar-refractivity contribution in [2.75, 3.05) is 0 Å². The molecule has 0 aromatic rings. The lowest BCUT2D eigenvalue weighted by Crippen LogP contribution is -2.27. The molecule has 5 atom stereocenters. The van der Waals surface area contributed by atoms with Gasteiger partial charge in [0.25, 0.3) is 0 Å². The third kappa shape index (κ3) is 0.655. The Morgan fingerprint density at radius 2 is 2.27 bits per heavy atom. The molecule has 0 saturated carbocycles. The fourth-order valence-electron chi connectivity index (χ4n) is 2.36. The fraction of sp³-hybridized carbons (Fsp3) is 0.857. The second-order valence-electron chi connectivity index (χ2n) is 3.53. The Hall–Kier alpha value is -0.0600. The van der Waals surface area contributed by atoms with Crippen LogP contribution in [0.25, 0.3) is 0 Å². The van der Waals surface area contributed by atoms with Gasteiger partial charge in [-0.25, -0.2) is 4.21 Å². The van der Waals surface area contributed by atoms with E-state index in [1.165, 1.54) is 0 Å². The van der Waals surface area contributed by atoms with Gasteiger partial charge in [-0.3, -0.25) is 4.18 Å². The highest BCUT2D eigenvalue weighted by Gasteiger charge is 2.57. The molecule has 3 fully saturated rings. The van der Waals surface area contributed by atoms with Crippen molar-refractivity contribution in [3.05, 3.63) is 0 Å². The molecule has 0 aromatic carbocycles. The van der Waals surface area contributed by atoms with Crippen LogP contribution in [0.3, 0.4) is 0 Å². The predicted octanol–water partition coefficient (Wildman–Crippen LogP) is -0.0536. The number of hydrogen-bond acceptors (Lipinski definition) is 3. The van der Waals surface area contributed by atoms with Gasteiger partial charge >= 0.3 is 0 Å². The molecule has 0 radical (unpaired) electrons. The van der Waals surface area contributed by atoms with Crippen molar-refractivity contribution in [2.45, 2.75) is 36.4 Å². The maximum Gasteiger partial charge on any atom is 0.104 e. The van der Waals surface area contributed by atoms with Crippen molar-refractivity contribution in [3.63, 3.8) is 0 Å². The van der Waals surface area contributed by atoms with E-state index in [0.29, 0.717) is 6.10 Å². The molecule has 3 aliphatic heterocycles. The van der Waals surface area contributed by atoms with Gasteiger partial charge in [0.2, 0.25) is 0 Å². The largest absolute Gasteiger partial charge is 0.371 e. The molecule has 0 aliphatic carbocycles. The molecule has 5 unspecified atom stereocenters. The van der Waals surface area contributed by atoms with Crippen LogP contribution in [-0.4, -0.2) is 33.6 Å². The van der Waals surface area contributed by atoms with Crippen molar-refractivity contribution in [2.24, 2.45) is 0 Å². The normalized spacial score (nSPS) is 65.8. The number of hydrogen-bond donors (Lipinski definition) is 0. The molecule has 3 nitrogen and oxygen atoms in total. The van der Waals surface area contributed by atoms with E-state index in [-0.39, 0.29) is 17.5 Å². The molecule has 3 heterocycles. The van der Waals surface area contributed by atoms with Crippen molar-refractivity contribution >= 4 is 15.7 Å². The van der Waals surface area contributed by atoms with Crippen LogP contribution in [-0.2, 0) is 18.7 Å². The lowest BCUT2D eigenvalue weighted by atomic mass is 9.98. The summed E-state index contributed by atoms with van der Waals surface area (Å²) in [7, 11) is -2.26. The first-order valence-corrected chi connectivity index (χ1v) is 5.58. The maximum atomic E-state index is 11.6. The summed E-state index contributed by atoms with van der Waals surface area (Å²) in [5.41, 5.74) is 0. The third-order valence-electron chi connectivity index (χ3n) is 2.82. The summed E-state index contributed by atoms with van der Waals surface area (Å²) in [4.78, 5) is 0. The first kappa shape index (κ1) is 6.46. The minimum atomic E-state index is -2.26. The molecule has 0 aromatic heterocycles. The fourth-order valence-corrected chi connectivity index (χ4v) is 4.26. The van der Waals surface area contributed by atoms with Crippen LogP contribution in [0.15, 0.2) is 0 Å². The van der Waals surface area contributed by atoms with Crippen LogP contribution >= 0.6 is 0 Å². The summed E-state index contributed by atoms with van der Waals surface area (Å²) < 4.78 is 22.5. The predicted molar refractivity (Wildman–Crippen MR) is 41.8 cm³/mol. The summed E-state index contributed by atoms with van der Waals surface area (Å²) in [6, 6.07) is 0. The molecule has 0 N–H and O–H groups in total. The first-order valence-electron chi connectivity index (χ1n) is 3.86. The van der Waals surface area contributed by atoms with Gasteiger partial charge in [0.15, 0.2) is 0 Å². The second-order valence-corrected chi connectivity index (χ2v) is 5.65. The van der Waals surface area contributed by atoms with Crippen molar-refractivity contribution < 1.29 is 13.1 Å². The molecule has 11 heavy (non-hydrogen) atoms. The van der Waals surface area contributed by atoms with Gasteiger partial charge in [0, 0.05) is 6.42 Å². The Balaban J connectivity index is 2.14. The molecule has 4 heteroatoms. The van der Waals surface area contributed by atoms with E-state index in [9.17, 15) is 4.21 Å². The van der Waals surface area contributed by atoms with Gasteiger partial charge in [-0.1, -0.05) is 0 Å². The maximum absolute atomic E-state index is 11.6. The molecule has 0 amide bonds. The van der Waals surface area contributed by atoms with Crippen LogP contribution in [0.1, 0.15) is 12.8 Å². The summed E-state index contributed by atoms with van der Waals surface area (Å²) >= 11 is 0. The summed E-state index contributed by atoms with van der Waals surface area (Å²) in [6.45, 7) is 0. The monoisotopic (exact) mass is 174 g/mol. The van der Waals surface area contributed by atoms with Crippen LogP contribution in [0.5, 0.6) is 0 Å². The highest BCUT2D eigenvalue weighted by atomic mass is 32.2. The summed E-state index contributed by atoms with van der Waals surface area (Å²) in [5.74, 6) is 3.61. The Labute approximate surface area is 65.9 Å². The zero-order chi connectivity index (χ0) is 7.64. The van der Waals surface area contributed by atoms with Crippen LogP contribution in [0.2, 0.25) is 0 Å². The van der Waals surface area contributed by atoms with E-state index >= 15 is 0 Å². The van der Waals surface area contributed by atoms with Crippen LogP contribution in [0.4, 0.5) is 0 Å². The lowest BCUT2D eigenvalue weighted by molar-refractivity contribution is 0.0842.